The molecule has 0 saturated heterocycles. The molecule has 2 aromatic carbocycles. The number of para-hydroxylation sites is 3. The molecule has 0 fully saturated rings. The lowest BCUT2D eigenvalue weighted by Crippen LogP contribution is -2.48. The molecule has 1 aliphatic heterocycles. The molecule has 2 amide bonds. The molecular formula is C18H18N2O3. The number of amides is 2. The van der Waals surface area contributed by atoms with Crippen molar-refractivity contribution in [3.8, 4) is 5.75 Å². The van der Waals surface area contributed by atoms with E-state index in [1.165, 1.54) is 6.92 Å². The summed E-state index contributed by atoms with van der Waals surface area (Å²) in [4.78, 5) is 26.0. The Bertz CT molecular complexity index is 757. The number of anilines is 2. The minimum Gasteiger partial charge on any atom is -0.476 e. The predicted molar refractivity (Wildman–Crippen MR) is 88.7 cm³/mol. The molecular weight excluding hydrogens is 292 g/mol. The number of fused-ring (bicyclic) bond motifs is 1. The molecule has 2 aromatic rings. The van der Waals surface area contributed by atoms with Crippen LogP contribution in [-0.4, -0.2) is 24.5 Å². The number of nitrogens with one attached hydrogen (secondary N) is 1. The second-order valence-corrected chi connectivity index (χ2v) is 5.51. The van der Waals surface area contributed by atoms with E-state index in [-0.39, 0.29) is 18.4 Å². The molecule has 0 aliphatic carbocycles. The van der Waals surface area contributed by atoms with Gasteiger partial charge in [0.25, 0.3) is 5.91 Å². The summed E-state index contributed by atoms with van der Waals surface area (Å²) in [7, 11) is 0. The van der Waals surface area contributed by atoms with Gasteiger partial charge in [0.1, 0.15) is 5.75 Å². The Morgan fingerprint density at radius 3 is 2.57 bits per heavy atom. The van der Waals surface area contributed by atoms with Crippen molar-refractivity contribution in [3.63, 3.8) is 0 Å². The maximum atomic E-state index is 12.5. The van der Waals surface area contributed by atoms with Crippen molar-refractivity contribution >= 4 is 23.2 Å². The summed E-state index contributed by atoms with van der Waals surface area (Å²) in [5, 5.41) is 2.87. The van der Waals surface area contributed by atoms with E-state index in [4.69, 9.17) is 4.74 Å². The molecule has 5 heteroatoms. The van der Waals surface area contributed by atoms with Crippen LogP contribution in [0, 0.1) is 6.92 Å². The third kappa shape index (κ3) is 3.04. The fourth-order valence-corrected chi connectivity index (χ4v) is 2.60. The zero-order valence-electron chi connectivity index (χ0n) is 13.1. The van der Waals surface area contributed by atoms with Crippen molar-refractivity contribution in [3.05, 3.63) is 54.1 Å². The number of hydrogen-bond acceptors (Lipinski definition) is 3. The van der Waals surface area contributed by atoms with Gasteiger partial charge in [0.05, 0.1) is 12.2 Å². The fraction of sp³-hybridized carbons (Fsp3) is 0.222. The van der Waals surface area contributed by atoms with Crippen molar-refractivity contribution in [2.45, 2.75) is 20.0 Å². The van der Waals surface area contributed by atoms with E-state index in [0.717, 1.165) is 11.3 Å². The van der Waals surface area contributed by atoms with Crippen LogP contribution in [0.2, 0.25) is 0 Å². The van der Waals surface area contributed by atoms with Gasteiger partial charge in [0.15, 0.2) is 6.10 Å². The normalized spacial score (nSPS) is 16.3. The summed E-state index contributed by atoms with van der Waals surface area (Å²) in [6.45, 7) is 3.61. The largest absolute Gasteiger partial charge is 0.476 e. The molecule has 0 unspecified atom stereocenters. The Kier molecular flexibility index (Phi) is 4.02. The third-order valence-electron chi connectivity index (χ3n) is 3.85. The third-order valence-corrected chi connectivity index (χ3v) is 3.85. The number of ether oxygens (including phenoxy) is 1. The van der Waals surface area contributed by atoms with E-state index in [1.807, 2.05) is 49.4 Å². The lowest BCUT2D eigenvalue weighted by Gasteiger charge is -2.33. The number of aryl methyl sites for hydroxylation is 1. The van der Waals surface area contributed by atoms with Gasteiger partial charge in [-0.3, -0.25) is 9.59 Å². The van der Waals surface area contributed by atoms with Crippen molar-refractivity contribution in [1.82, 2.24) is 0 Å². The minimum atomic E-state index is -0.742. The second-order valence-electron chi connectivity index (χ2n) is 5.51. The van der Waals surface area contributed by atoms with E-state index < -0.39 is 6.10 Å². The average molecular weight is 310 g/mol. The van der Waals surface area contributed by atoms with Crippen LogP contribution in [0.4, 0.5) is 11.4 Å². The standard InChI is InChI=1S/C18H18N2O3/c1-12-7-3-4-8-14(12)19-18(22)17-11-20(13(2)21)15-9-5-6-10-16(15)23-17/h3-10,17H,11H2,1-2H3,(H,19,22)/t17-/m1/s1. The van der Waals surface area contributed by atoms with Crippen molar-refractivity contribution in [2.75, 3.05) is 16.8 Å². The van der Waals surface area contributed by atoms with Gasteiger partial charge in [-0.25, -0.2) is 0 Å². The number of hydrogen-bond donors (Lipinski definition) is 1. The first-order valence-electron chi connectivity index (χ1n) is 7.46. The van der Waals surface area contributed by atoms with Crippen LogP contribution in [0.5, 0.6) is 5.75 Å². The monoisotopic (exact) mass is 310 g/mol. The molecule has 0 radical (unpaired) electrons. The summed E-state index contributed by atoms with van der Waals surface area (Å²) in [5.41, 5.74) is 2.41. The van der Waals surface area contributed by atoms with Gasteiger partial charge in [-0.15, -0.1) is 0 Å². The molecule has 5 nitrogen and oxygen atoms in total. The molecule has 0 bridgehead atoms. The van der Waals surface area contributed by atoms with Crippen molar-refractivity contribution in [2.24, 2.45) is 0 Å². The molecule has 0 spiro atoms. The van der Waals surface area contributed by atoms with E-state index in [0.29, 0.717) is 11.4 Å². The summed E-state index contributed by atoms with van der Waals surface area (Å²) >= 11 is 0. The first-order valence-corrected chi connectivity index (χ1v) is 7.46. The molecule has 23 heavy (non-hydrogen) atoms. The van der Waals surface area contributed by atoms with Crippen molar-refractivity contribution in [1.29, 1.82) is 0 Å². The lowest BCUT2D eigenvalue weighted by molar-refractivity contribution is -0.123. The Morgan fingerprint density at radius 2 is 1.83 bits per heavy atom. The Balaban J connectivity index is 1.83. The number of carbonyl (C=O) groups excluding carboxylic acids is 2. The van der Waals surface area contributed by atoms with E-state index in [1.54, 1.807) is 11.0 Å². The predicted octanol–water partition coefficient (Wildman–Crippen LogP) is 2.75. The molecule has 3 rings (SSSR count). The van der Waals surface area contributed by atoms with Gasteiger partial charge in [-0.1, -0.05) is 30.3 Å². The van der Waals surface area contributed by atoms with Gasteiger partial charge in [-0.05, 0) is 30.7 Å². The highest BCUT2D eigenvalue weighted by Gasteiger charge is 2.32. The molecule has 1 N–H and O–H groups in total. The minimum absolute atomic E-state index is 0.116. The first kappa shape index (κ1) is 15.1. The molecule has 0 aromatic heterocycles. The smallest absolute Gasteiger partial charge is 0.267 e. The molecule has 0 saturated carbocycles. The van der Waals surface area contributed by atoms with Gasteiger partial charge >= 0.3 is 0 Å². The Labute approximate surface area is 134 Å². The van der Waals surface area contributed by atoms with E-state index in [9.17, 15) is 9.59 Å². The number of carbonyl (C=O) groups is 2. The highest BCUT2D eigenvalue weighted by atomic mass is 16.5. The van der Waals surface area contributed by atoms with Gasteiger partial charge in [-0.2, -0.15) is 0 Å². The summed E-state index contributed by atoms with van der Waals surface area (Å²) in [6, 6.07) is 14.8. The quantitative estimate of drug-likeness (QED) is 0.928. The molecule has 118 valence electrons. The number of rotatable bonds is 2. The van der Waals surface area contributed by atoms with Gasteiger partial charge in [0, 0.05) is 12.6 Å². The van der Waals surface area contributed by atoms with Crippen molar-refractivity contribution < 1.29 is 14.3 Å². The fourth-order valence-electron chi connectivity index (χ4n) is 2.60. The van der Waals surface area contributed by atoms with Crippen LogP contribution < -0.4 is 15.0 Å². The van der Waals surface area contributed by atoms with Crippen LogP contribution in [-0.2, 0) is 9.59 Å². The van der Waals surface area contributed by atoms with Gasteiger partial charge in [0.2, 0.25) is 5.91 Å². The number of benzene rings is 2. The zero-order chi connectivity index (χ0) is 16.4. The van der Waals surface area contributed by atoms with Crippen LogP contribution in [0.3, 0.4) is 0 Å². The zero-order valence-corrected chi connectivity index (χ0v) is 13.1. The maximum Gasteiger partial charge on any atom is 0.267 e. The van der Waals surface area contributed by atoms with E-state index >= 15 is 0 Å². The SMILES string of the molecule is CC(=O)N1C[C@H](C(=O)Nc2ccccc2C)Oc2ccccc21. The lowest BCUT2D eigenvalue weighted by atomic mass is 10.1. The summed E-state index contributed by atoms with van der Waals surface area (Å²) in [6.07, 6.45) is -0.742. The van der Waals surface area contributed by atoms with Crippen LogP contribution in [0.25, 0.3) is 0 Å². The molecule has 1 aliphatic rings. The van der Waals surface area contributed by atoms with Crippen LogP contribution in [0.1, 0.15) is 12.5 Å². The maximum absolute atomic E-state index is 12.5. The highest BCUT2D eigenvalue weighted by Crippen LogP contribution is 2.33. The second kappa shape index (κ2) is 6.12. The van der Waals surface area contributed by atoms with Crippen LogP contribution in [0.15, 0.2) is 48.5 Å². The molecule has 1 atom stereocenters. The molecule has 1 heterocycles. The van der Waals surface area contributed by atoms with E-state index in [2.05, 4.69) is 5.32 Å². The summed E-state index contributed by atoms with van der Waals surface area (Å²) < 4.78 is 5.78. The first-order chi connectivity index (χ1) is 11.1. The van der Waals surface area contributed by atoms with Gasteiger partial charge < -0.3 is 15.0 Å². The number of nitrogens with zero attached hydrogens (tertiary/aromatic N) is 1. The Hall–Kier alpha value is -2.82. The summed E-state index contributed by atoms with van der Waals surface area (Å²) in [5.74, 6) is 0.161. The van der Waals surface area contributed by atoms with Crippen LogP contribution >= 0.6 is 0 Å². The highest BCUT2D eigenvalue weighted by molar-refractivity contribution is 5.99. The Morgan fingerprint density at radius 1 is 1.13 bits per heavy atom. The topological polar surface area (TPSA) is 58.6 Å². The average Bonchev–Trinajstić information content (AvgIpc) is 2.55.